The van der Waals surface area contributed by atoms with Crippen LogP contribution in [0.5, 0.6) is 5.75 Å². The number of rotatable bonds is 2. The van der Waals surface area contributed by atoms with Crippen LogP contribution in [0.3, 0.4) is 0 Å². The smallest absolute Gasteiger partial charge is 0.405 e. The van der Waals surface area contributed by atoms with E-state index in [-0.39, 0.29) is 11.1 Å². The van der Waals surface area contributed by atoms with Crippen LogP contribution >= 0.6 is 0 Å². The molecule has 0 atom stereocenters. The molecule has 0 amide bonds. The molecule has 0 aliphatic rings. The summed E-state index contributed by atoms with van der Waals surface area (Å²) in [4.78, 5) is 13.2. The first-order valence-corrected chi connectivity index (χ1v) is 5.11. The van der Waals surface area contributed by atoms with Crippen LogP contribution in [0, 0.1) is 5.82 Å². The van der Waals surface area contributed by atoms with Crippen molar-refractivity contribution in [2.24, 2.45) is 0 Å². The molecule has 2 rings (SSSR count). The molecule has 0 saturated carbocycles. The van der Waals surface area contributed by atoms with Gasteiger partial charge in [-0.25, -0.2) is 4.39 Å². The van der Waals surface area contributed by atoms with E-state index >= 15 is 0 Å². The normalized spacial score (nSPS) is 11.4. The molecule has 1 heterocycles. The van der Waals surface area contributed by atoms with Crippen molar-refractivity contribution in [2.45, 2.75) is 6.36 Å². The Balaban J connectivity index is 2.57. The third-order valence-electron chi connectivity index (χ3n) is 2.30. The maximum absolute atomic E-state index is 13.6. The highest BCUT2D eigenvalue weighted by Crippen LogP contribution is 2.33. The van der Waals surface area contributed by atoms with Gasteiger partial charge in [0, 0.05) is 17.3 Å². The molecule has 1 aromatic carbocycles. The highest BCUT2D eigenvalue weighted by atomic mass is 19.4. The Kier molecular flexibility index (Phi) is 3.28. The minimum Gasteiger partial charge on any atom is -0.405 e. The molecule has 0 radical (unpaired) electrons. The first-order valence-electron chi connectivity index (χ1n) is 5.11. The molecule has 1 aromatic heterocycles. The summed E-state index contributed by atoms with van der Waals surface area (Å²) in [5.74, 6) is -1.74. The number of para-hydroxylation sites is 1. The highest BCUT2D eigenvalue weighted by molar-refractivity contribution is 5.70. The van der Waals surface area contributed by atoms with Crippen LogP contribution in [0.1, 0.15) is 0 Å². The summed E-state index contributed by atoms with van der Waals surface area (Å²) in [7, 11) is 0. The predicted molar refractivity (Wildman–Crippen MR) is 59.1 cm³/mol. The van der Waals surface area contributed by atoms with Gasteiger partial charge in [0.25, 0.3) is 5.56 Å². The largest absolute Gasteiger partial charge is 0.573 e. The maximum atomic E-state index is 13.6. The molecule has 1 N–H and O–H groups in total. The summed E-state index contributed by atoms with van der Waals surface area (Å²) in [5.41, 5.74) is -1.42. The van der Waals surface area contributed by atoms with E-state index in [1.807, 2.05) is 0 Å². The first kappa shape index (κ1) is 13.1. The Hall–Kier alpha value is -2.31. The van der Waals surface area contributed by atoms with Gasteiger partial charge in [0.05, 0.1) is 0 Å². The summed E-state index contributed by atoms with van der Waals surface area (Å²) in [6, 6.07) is 6.17. The number of pyridine rings is 1. The minimum absolute atomic E-state index is 0.150. The second-order valence-electron chi connectivity index (χ2n) is 3.58. The van der Waals surface area contributed by atoms with Gasteiger partial charge in [-0.2, -0.15) is 0 Å². The lowest BCUT2D eigenvalue weighted by atomic mass is 10.1. The van der Waals surface area contributed by atoms with E-state index in [1.54, 1.807) is 0 Å². The van der Waals surface area contributed by atoms with E-state index in [9.17, 15) is 22.4 Å². The van der Waals surface area contributed by atoms with Gasteiger partial charge in [0.15, 0.2) is 5.82 Å². The number of H-pyrrole nitrogens is 1. The second kappa shape index (κ2) is 4.75. The number of halogens is 4. The summed E-state index contributed by atoms with van der Waals surface area (Å²) in [6.45, 7) is 0. The third kappa shape index (κ3) is 2.93. The van der Waals surface area contributed by atoms with Crippen LogP contribution in [-0.4, -0.2) is 11.3 Å². The molecule has 0 saturated heterocycles. The molecule has 3 nitrogen and oxygen atoms in total. The Morgan fingerprint density at radius 2 is 1.74 bits per heavy atom. The number of aromatic amines is 1. The molecule has 2 aromatic rings. The van der Waals surface area contributed by atoms with E-state index in [4.69, 9.17) is 0 Å². The zero-order valence-electron chi connectivity index (χ0n) is 9.29. The van der Waals surface area contributed by atoms with Gasteiger partial charge in [0.2, 0.25) is 0 Å². The number of hydrogen-bond acceptors (Lipinski definition) is 2. The van der Waals surface area contributed by atoms with E-state index in [0.29, 0.717) is 0 Å². The van der Waals surface area contributed by atoms with Crippen molar-refractivity contribution in [1.29, 1.82) is 0 Å². The Labute approximate surface area is 104 Å². The molecule has 0 unspecified atom stereocenters. The molecule has 0 spiro atoms. The quantitative estimate of drug-likeness (QED) is 0.854. The maximum Gasteiger partial charge on any atom is 0.573 e. The SMILES string of the molecule is O=c1[nH]ccc(-c2ccccc2OC(F)(F)F)c1F. The molecule has 0 aliphatic heterocycles. The highest BCUT2D eigenvalue weighted by Gasteiger charge is 2.32. The summed E-state index contributed by atoms with van der Waals surface area (Å²) >= 11 is 0. The lowest BCUT2D eigenvalue weighted by Gasteiger charge is -2.13. The van der Waals surface area contributed by atoms with Crippen molar-refractivity contribution in [3.05, 3.63) is 52.7 Å². The van der Waals surface area contributed by atoms with Crippen molar-refractivity contribution < 1.29 is 22.3 Å². The lowest BCUT2D eigenvalue weighted by Crippen LogP contribution is -2.18. The van der Waals surface area contributed by atoms with Crippen LogP contribution in [0.4, 0.5) is 17.6 Å². The van der Waals surface area contributed by atoms with Crippen LogP contribution in [-0.2, 0) is 0 Å². The van der Waals surface area contributed by atoms with E-state index in [0.717, 1.165) is 18.3 Å². The van der Waals surface area contributed by atoms with Crippen molar-refractivity contribution in [2.75, 3.05) is 0 Å². The number of alkyl halides is 3. The lowest BCUT2D eigenvalue weighted by molar-refractivity contribution is -0.274. The fraction of sp³-hybridized carbons (Fsp3) is 0.0833. The third-order valence-corrected chi connectivity index (χ3v) is 2.30. The molecule has 0 bridgehead atoms. The number of benzene rings is 1. The topological polar surface area (TPSA) is 42.1 Å². The molecule has 0 fully saturated rings. The molecular formula is C12H7F4NO2. The van der Waals surface area contributed by atoms with Crippen LogP contribution in [0.2, 0.25) is 0 Å². The van der Waals surface area contributed by atoms with Gasteiger partial charge < -0.3 is 9.72 Å². The summed E-state index contributed by atoms with van der Waals surface area (Å²) < 4.78 is 54.1. The number of ether oxygens (including phenoxy) is 1. The minimum atomic E-state index is -4.90. The molecule has 0 aliphatic carbocycles. The van der Waals surface area contributed by atoms with E-state index in [2.05, 4.69) is 9.72 Å². The van der Waals surface area contributed by atoms with Gasteiger partial charge in [-0.3, -0.25) is 4.79 Å². The number of nitrogens with one attached hydrogen (secondary N) is 1. The van der Waals surface area contributed by atoms with Gasteiger partial charge in [-0.05, 0) is 12.1 Å². The number of aromatic nitrogens is 1. The zero-order valence-corrected chi connectivity index (χ0v) is 9.29. The van der Waals surface area contributed by atoms with Gasteiger partial charge in [-0.15, -0.1) is 13.2 Å². The van der Waals surface area contributed by atoms with Crippen LogP contribution < -0.4 is 10.3 Å². The predicted octanol–water partition coefficient (Wildman–Crippen LogP) is 3.08. The van der Waals surface area contributed by atoms with Gasteiger partial charge in [-0.1, -0.05) is 18.2 Å². The molecule has 19 heavy (non-hydrogen) atoms. The zero-order chi connectivity index (χ0) is 14.0. The van der Waals surface area contributed by atoms with Gasteiger partial charge >= 0.3 is 6.36 Å². The molecular weight excluding hydrogens is 266 g/mol. The van der Waals surface area contributed by atoms with Crippen LogP contribution in [0.15, 0.2) is 41.3 Å². The monoisotopic (exact) mass is 273 g/mol. The van der Waals surface area contributed by atoms with Gasteiger partial charge in [0.1, 0.15) is 5.75 Å². The Morgan fingerprint density at radius 3 is 2.42 bits per heavy atom. The standard InChI is InChI=1S/C12H7F4NO2/c13-10-8(5-6-17-11(10)18)7-3-1-2-4-9(7)19-12(14,15)16/h1-6H,(H,17,18). The average Bonchev–Trinajstić information content (AvgIpc) is 2.32. The Morgan fingerprint density at radius 1 is 1.05 bits per heavy atom. The molecule has 100 valence electrons. The summed E-state index contributed by atoms with van der Waals surface area (Å²) in [6.07, 6.45) is -3.75. The van der Waals surface area contributed by atoms with E-state index in [1.165, 1.54) is 18.2 Å². The summed E-state index contributed by atoms with van der Waals surface area (Å²) in [5, 5.41) is 0. The average molecular weight is 273 g/mol. The van der Waals surface area contributed by atoms with Crippen molar-refractivity contribution in [3.63, 3.8) is 0 Å². The van der Waals surface area contributed by atoms with Crippen molar-refractivity contribution in [3.8, 4) is 16.9 Å². The fourth-order valence-corrected chi connectivity index (χ4v) is 1.57. The van der Waals surface area contributed by atoms with Crippen molar-refractivity contribution in [1.82, 2.24) is 4.98 Å². The van der Waals surface area contributed by atoms with Crippen LogP contribution in [0.25, 0.3) is 11.1 Å². The fourth-order valence-electron chi connectivity index (χ4n) is 1.57. The first-order chi connectivity index (χ1) is 8.88. The Bertz CT molecular complexity index is 649. The number of hydrogen-bond donors (Lipinski definition) is 1. The van der Waals surface area contributed by atoms with Crippen molar-refractivity contribution >= 4 is 0 Å². The molecule has 7 heteroatoms. The second-order valence-corrected chi connectivity index (χ2v) is 3.58. The van der Waals surface area contributed by atoms with E-state index < -0.39 is 23.5 Å².